The Hall–Kier alpha value is -3.56. The van der Waals surface area contributed by atoms with Crippen LogP contribution in [0.25, 0.3) is 5.82 Å². The second-order valence-electron chi connectivity index (χ2n) is 7.70. The molecule has 1 N–H and O–H groups in total. The molecule has 7 nitrogen and oxygen atoms in total. The van der Waals surface area contributed by atoms with Gasteiger partial charge in [0.15, 0.2) is 5.82 Å². The lowest BCUT2D eigenvalue weighted by Gasteiger charge is -2.20. The molecule has 0 radical (unpaired) electrons. The topological polar surface area (TPSA) is 89.8 Å². The minimum Gasteiger partial charge on any atom is -0.320 e. The van der Waals surface area contributed by atoms with Gasteiger partial charge in [0.25, 0.3) is 5.91 Å². The minimum absolute atomic E-state index is 0.173. The molecule has 4 rings (SSSR count). The van der Waals surface area contributed by atoms with Gasteiger partial charge in [-0.2, -0.15) is 18.3 Å². The van der Waals surface area contributed by atoms with Crippen LogP contribution in [0.1, 0.15) is 58.9 Å². The monoisotopic (exact) mass is 443 g/mol. The first-order valence-corrected chi connectivity index (χ1v) is 10.1. The molecule has 0 aromatic carbocycles. The molecule has 0 spiro atoms. The molecule has 1 amide bonds. The van der Waals surface area contributed by atoms with E-state index in [0.717, 1.165) is 30.8 Å². The standard InChI is InChI=1S/C22H20F3N5O2/c1-13-18(12-28-30(13)20-9-4-15(10-27-20)22(23,24)25)21(32)29-16-5-8-19(26-11-16)14-2-6-17(31)7-3-14/h4-5,8-12,14H,2-3,6-7H2,1H3,(H,29,32). The molecule has 3 aromatic heterocycles. The van der Waals surface area contributed by atoms with E-state index in [1.54, 1.807) is 19.2 Å². The smallest absolute Gasteiger partial charge is 0.320 e. The maximum absolute atomic E-state index is 12.7. The molecule has 1 aliphatic carbocycles. The Morgan fingerprint density at radius 2 is 1.81 bits per heavy atom. The van der Waals surface area contributed by atoms with Crippen LogP contribution in [0.3, 0.4) is 0 Å². The number of carbonyl (C=O) groups excluding carboxylic acids is 2. The summed E-state index contributed by atoms with van der Waals surface area (Å²) < 4.78 is 39.5. The van der Waals surface area contributed by atoms with Gasteiger partial charge in [-0.05, 0) is 44.0 Å². The largest absolute Gasteiger partial charge is 0.417 e. The number of aromatic nitrogens is 4. The van der Waals surface area contributed by atoms with Crippen LogP contribution in [0.15, 0.2) is 42.9 Å². The van der Waals surface area contributed by atoms with Crippen molar-refractivity contribution in [1.82, 2.24) is 19.7 Å². The number of nitrogens with zero attached hydrogens (tertiary/aromatic N) is 4. The fraction of sp³-hybridized carbons (Fsp3) is 0.318. The average molecular weight is 443 g/mol. The van der Waals surface area contributed by atoms with Crippen LogP contribution < -0.4 is 5.32 Å². The van der Waals surface area contributed by atoms with E-state index in [1.807, 2.05) is 6.07 Å². The SMILES string of the molecule is Cc1c(C(=O)Nc2ccc(C3CCC(=O)CC3)nc2)cnn1-c1ccc(C(F)(F)F)cn1. The van der Waals surface area contributed by atoms with Gasteiger partial charge in [-0.25, -0.2) is 9.67 Å². The van der Waals surface area contributed by atoms with E-state index >= 15 is 0 Å². The maximum atomic E-state index is 12.7. The highest BCUT2D eigenvalue weighted by Crippen LogP contribution is 2.31. The summed E-state index contributed by atoms with van der Waals surface area (Å²) in [5.74, 6) is 0.284. The number of hydrogen-bond acceptors (Lipinski definition) is 5. The third-order valence-corrected chi connectivity index (χ3v) is 5.55. The molecule has 3 heterocycles. The van der Waals surface area contributed by atoms with Gasteiger partial charge >= 0.3 is 6.18 Å². The third-order valence-electron chi connectivity index (χ3n) is 5.55. The second-order valence-corrected chi connectivity index (χ2v) is 7.70. The molecular formula is C22H20F3N5O2. The molecule has 1 saturated carbocycles. The number of ketones is 1. The van der Waals surface area contributed by atoms with Gasteiger partial charge in [0.05, 0.1) is 34.9 Å². The van der Waals surface area contributed by atoms with Crippen LogP contribution in [0, 0.1) is 6.92 Å². The minimum atomic E-state index is -4.48. The van der Waals surface area contributed by atoms with Crippen LogP contribution in [-0.2, 0) is 11.0 Å². The lowest BCUT2D eigenvalue weighted by molar-refractivity contribution is -0.137. The van der Waals surface area contributed by atoms with E-state index in [2.05, 4.69) is 20.4 Å². The average Bonchev–Trinajstić information content (AvgIpc) is 3.16. The first-order chi connectivity index (χ1) is 15.2. The number of nitrogens with one attached hydrogen (secondary N) is 1. The van der Waals surface area contributed by atoms with E-state index in [9.17, 15) is 22.8 Å². The molecule has 1 fully saturated rings. The zero-order chi connectivity index (χ0) is 22.9. The lowest BCUT2D eigenvalue weighted by atomic mass is 9.86. The van der Waals surface area contributed by atoms with Gasteiger partial charge in [-0.15, -0.1) is 0 Å². The Kier molecular flexibility index (Phi) is 5.77. The summed E-state index contributed by atoms with van der Waals surface area (Å²) in [4.78, 5) is 32.3. The summed E-state index contributed by atoms with van der Waals surface area (Å²) in [5.41, 5.74) is 1.24. The van der Waals surface area contributed by atoms with Crippen LogP contribution >= 0.6 is 0 Å². The van der Waals surface area contributed by atoms with Crippen LogP contribution in [-0.4, -0.2) is 31.4 Å². The second kappa shape index (κ2) is 8.52. The van der Waals surface area contributed by atoms with Crippen molar-refractivity contribution in [2.45, 2.75) is 44.7 Å². The van der Waals surface area contributed by atoms with E-state index in [4.69, 9.17) is 0 Å². The Bertz CT molecular complexity index is 1130. The predicted molar refractivity (Wildman–Crippen MR) is 110 cm³/mol. The number of carbonyl (C=O) groups is 2. The molecule has 0 bridgehead atoms. The summed E-state index contributed by atoms with van der Waals surface area (Å²) in [5, 5.41) is 6.84. The number of Topliss-reactive ketones (excluding diaryl/α,β-unsaturated/α-hetero) is 1. The highest BCUT2D eigenvalue weighted by molar-refractivity contribution is 6.04. The van der Waals surface area contributed by atoms with Gasteiger partial charge in [0, 0.05) is 30.7 Å². The first kappa shape index (κ1) is 21.7. The van der Waals surface area contributed by atoms with Crippen molar-refractivity contribution in [3.63, 3.8) is 0 Å². The van der Waals surface area contributed by atoms with Gasteiger partial charge in [-0.3, -0.25) is 14.6 Å². The van der Waals surface area contributed by atoms with Crippen LogP contribution in [0.5, 0.6) is 0 Å². The molecule has 3 aromatic rings. The van der Waals surface area contributed by atoms with Crippen LogP contribution in [0.4, 0.5) is 18.9 Å². The summed E-state index contributed by atoms with van der Waals surface area (Å²) in [7, 11) is 0. The molecule has 0 unspecified atom stereocenters. The number of anilines is 1. The van der Waals surface area contributed by atoms with Gasteiger partial charge < -0.3 is 5.32 Å². The first-order valence-electron chi connectivity index (χ1n) is 10.1. The highest BCUT2D eigenvalue weighted by atomic mass is 19.4. The Morgan fingerprint density at radius 3 is 2.41 bits per heavy atom. The summed E-state index contributed by atoms with van der Waals surface area (Å²) in [6.07, 6.45) is 1.87. The number of halogens is 3. The zero-order valence-electron chi connectivity index (χ0n) is 17.2. The van der Waals surface area contributed by atoms with Crippen molar-refractivity contribution >= 4 is 17.4 Å². The predicted octanol–water partition coefficient (Wildman–Crippen LogP) is 4.47. The van der Waals surface area contributed by atoms with Crippen molar-refractivity contribution in [3.05, 3.63) is 65.4 Å². The zero-order valence-corrected chi connectivity index (χ0v) is 17.2. The quantitative estimate of drug-likeness (QED) is 0.643. The van der Waals surface area contributed by atoms with E-state index in [1.165, 1.54) is 16.9 Å². The molecule has 0 aliphatic heterocycles. The summed E-state index contributed by atoms with van der Waals surface area (Å²) >= 11 is 0. The maximum Gasteiger partial charge on any atom is 0.417 e. The molecule has 0 saturated heterocycles. The van der Waals surface area contributed by atoms with Crippen molar-refractivity contribution in [2.24, 2.45) is 0 Å². The fourth-order valence-corrected chi connectivity index (χ4v) is 3.70. The van der Waals surface area contributed by atoms with E-state index < -0.39 is 17.6 Å². The normalized spacial score (nSPS) is 15.1. The number of hydrogen-bond donors (Lipinski definition) is 1. The summed E-state index contributed by atoms with van der Waals surface area (Å²) in [6, 6.07) is 5.72. The molecule has 1 aliphatic rings. The van der Waals surface area contributed by atoms with Gasteiger partial charge in [0.1, 0.15) is 5.78 Å². The third kappa shape index (κ3) is 4.53. The molecule has 0 atom stereocenters. The molecule has 10 heteroatoms. The molecule has 166 valence electrons. The number of alkyl halides is 3. The van der Waals surface area contributed by atoms with Crippen molar-refractivity contribution < 1.29 is 22.8 Å². The number of amides is 1. The van der Waals surface area contributed by atoms with Crippen molar-refractivity contribution in [3.8, 4) is 5.82 Å². The Balaban J connectivity index is 1.45. The Morgan fingerprint density at radius 1 is 1.06 bits per heavy atom. The van der Waals surface area contributed by atoms with E-state index in [0.29, 0.717) is 24.2 Å². The van der Waals surface area contributed by atoms with Crippen LogP contribution in [0.2, 0.25) is 0 Å². The number of pyridine rings is 2. The fourth-order valence-electron chi connectivity index (χ4n) is 3.70. The van der Waals surface area contributed by atoms with Crippen molar-refractivity contribution in [1.29, 1.82) is 0 Å². The molecular weight excluding hydrogens is 423 g/mol. The molecule has 32 heavy (non-hydrogen) atoms. The Labute approximate surface area is 181 Å². The lowest BCUT2D eigenvalue weighted by Crippen LogP contribution is -2.15. The highest BCUT2D eigenvalue weighted by Gasteiger charge is 2.31. The summed E-state index contributed by atoms with van der Waals surface area (Å²) in [6.45, 7) is 1.63. The number of rotatable bonds is 4. The van der Waals surface area contributed by atoms with E-state index in [-0.39, 0.29) is 23.1 Å². The van der Waals surface area contributed by atoms with Gasteiger partial charge in [0.2, 0.25) is 0 Å². The van der Waals surface area contributed by atoms with Gasteiger partial charge in [-0.1, -0.05) is 0 Å². The van der Waals surface area contributed by atoms with Crippen molar-refractivity contribution in [2.75, 3.05) is 5.32 Å².